The van der Waals surface area contributed by atoms with E-state index in [4.69, 9.17) is 16.0 Å². The quantitative estimate of drug-likeness (QED) is 0.629. The van der Waals surface area contributed by atoms with Crippen molar-refractivity contribution in [1.29, 1.82) is 0 Å². The minimum Gasteiger partial charge on any atom is -0.508 e. The first-order valence-corrected chi connectivity index (χ1v) is 6.72. The van der Waals surface area contributed by atoms with Crippen LogP contribution in [0.5, 0.6) is 11.5 Å². The summed E-state index contributed by atoms with van der Waals surface area (Å²) >= 11 is 5.96. The molecular weight excluding hydrogens is 300 g/mol. The van der Waals surface area contributed by atoms with E-state index in [1.165, 1.54) is 19.1 Å². The van der Waals surface area contributed by atoms with E-state index >= 15 is 0 Å². The first-order valence-electron chi connectivity index (χ1n) is 6.28. The van der Waals surface area contributed by atoms with Gasteiger partial charge in [0.25, 0.3) is 0 Å². The number of phenols is 2. The molecule has 0 aliphatic heterocycles. The number of rotatable bonds is 4. The average molecular weight is 315 g/mol. The minimum absolute atomic E-state index is 0.00915. The molecule has 0 bridgehead atoms. The van der Waals surface area contributed by atoms with Gasteiger partial charge in [-0.3, -0.25) is 0 Å². The Labute approximate surface area is 124 Å². The van der Waals surface area contributed by atoms with Gasteiger partial charge in [-0.15, -0.1) is 11.6 Å². The van der Waals surface area contributed by atoms with E-state index in [-0.39, 0.29) is 29.1 Å². The highest BCUT2D eigenvalue weighted by molar-refractivity contribution is 6.21. The zero-order valence-corrected chi connectivity index (χ0v) is 11.9. The lowest BCUT2D eigenvalue weighted by atomic mass is 10.1. The van der Waals surface area contributed by atoms with Crippen molar-refractivity contribution in [3.05, 3.63) is 34.4 Å². The van der Waals surface area contributed by atoms with Crippen molar-refractivity contribution in [1.82, 2.24) is 0 Å². The molecule has 6 nitrogen and oxygen atoms in total. The third kappa shape index (κ3) is 3.29. The lowest BCUT2D eigenvalue weighted by Gasteiger charge is -2.18. The van der Waals surface area contributed by atoms with Crippen molar-refractivity contribution >= 4 is 22.4 Å². The molecular formula is C14H15ClO6. The van der Waals surface area contributed by atoms with Gasteiger partial charge in [-0.1, -0.05) is 0 Å². The highest BCUT2D eigenvalue weighted by atomic mass is 35.5. The number of hydrogen-bond donors (Lipinski definition) is 4. The third-order valence-electron chi connectivity index (χ3n) is 3.14. The van der Waals surface area contributed by atoms with Crippen LogP contribution < -0.4 is 5.63 Å². The maximum absolute atomic E-state index is 11.9. The predicted octanol–water partition coefficient (Wildman–Crippen LogP) is 1.10. The highest BCUT2D eigenvalue weighted by Gasteiger charge is 2.23. The summed E-state index contributed by atoms with van der Waals surface area (Å²) in [6.45, 7) is 1.40. The van der Waals surface area contributed by atoms with Gasteiger partial charge in [-0.05, 0) is 24.4 Å². The molecule has 1 aromatic carbocycles. The van der Waals surface area contributed by atoms with E-state index in [9.17, 15) is 25.2 Å². The second kappa shape index (κ2) is 5.93. The number of aromatic hydroxyl groups is 2. The van der Waals surface area contributed by atoms with Gasteiger partial charge in [0.1, 0.15) is 22.6 Å². The molecule has 0 aliphatic carbocycles. The Hall–Kier alpha value is -1.76. The largest absolute Gasteiger partial charge is 0.508 e. The summed E-state index contributed by atoms with van der Waals surface area (Å²) in [6, 6.07) is 3.80. The fourth-order valence-corrected chi connectivity index (χ4v) is 2.42. The molecule has 3 unspecified atom stereocenters. The second-order valence-electron chi connectivity index (χ2n) is 4.88. The summed E-state index contributed by atoms with van der Waals surface area (Å²) in [7, 11) is 0. The Morgan fingerprint density at radius 1 is 1.24 bits per heavy atom. The molecule has 0 radical (unpaired) electrons. The fourth-order valence-electron chi connectivity index (χ4n) is 2.06. The summed E-state index contributed by atoms with van der Waals surface area (Å²) in [5.41, 5.74) is -0.768. The van der Waals surface area contributed by atoms with Gasteiger partial charge in [-0.25, -0.2) is 4.79 Å². The molecule has 7 heteroatoms. The third-order valence-corrected chi connectivity index (χ3v) is 3.55. The van der Waals surface area contributed by atoms with Gasteiger partial charge in [0.05, 0.1) is 17.6 Å². The van der Waals surface area contributed by atoms with Gasteiger partial charge >= 0.3 is 5.63 Å². The number of fused-ring (bicyclic) bond motifs is 1. The van der Waals surface area contributed by atoms with E-state index < -0.39 is 23.2 Å². The van der Waals surface area contributed by atoms with Crippen LogP contribution in [0.1, 0.15) is 12.7 Å². The van der Waals surface area contributed by atoms with Crippen LogP contribution in [0, 0.1) is 0 Å². The molecule has 1 heterocycles. The number of benzene rings is 1. The summed E-state index contributed by atoms with van der Waals surface area (Å²) in [5.74, 6) is -0.392. The molecule has 21 heavy (non-hydrogen) atoms. The topological polar surface area (TPSA) is 111 Å². The fraction of sp³-hybridized carbons (Fsp3) is 0.357. The van der Waals surface area contributed by atoms with Gasteiger partial charge in [0, 0.05) is 12.5 Å². The second-order valence-corrected chi connectivity index (χ2v) is 5.44. The van der Waals surface area contributed by atoms with E-state index in [0.29, 0.717) is 5.39 Å². The molecule has 0 saturated carbocycles. The Bertz CT molecular complexity index is 708. The van der Waals surface area contributed by atoms with Crippen molar-refractivity contribution in [3.63, 3.8) is 0 Å². The average Bonchev–Trinajstić information content (AvgIpc) is 2.35. The number of phenolic OH excluding ortho intramolecular Hbond substituents is 2. The van der Waals surface area contributed by atoms with Crippen LogP contribution in [-0.2, 0) is 6.42 Å². The normalized spacial score (nSPS) is 15.8. The van der Waals surface area contributed by atoms with E-state index in [2.05, 4.69) is 0 Å². The van der Waals surface area contributed by atoms with Crippen molar-refractivity contribution < 1.29 is 24.8 Å². The molecule has 114 valence electrons. The summed E-state index contributed by atoms with van der Waals surface area (Å²) < 4.78 is 5.04. The lowest BCUT2D eigenvalue weighted by Crippen LogP contribution is -2.33. The number of hydrogen-bond acceptors (Lipinski definition) is 6. The Kier molecular flexibility index (Phi) is 4.41. The number of halogens is 1. The zero-order chi connectivity index (χ0) is 15.7. The molecule has 2 aromatic rings. The zero-order valence-electron chi connectivity index (χ0n) is 11.2. The van der Waals surface area contributed by atoms with Crippen molar-refractivity contribution in [2.75, 3.05) is 0 Å². The van der Waals surface area contributed by atoms with Crippen LogP contribution in [0.25, 0.3) is 10.8 Å². The van der Waals surface area contributed by atoms with Crippen LogP contribution in [0.15, 0.2) is 27.4 Å². The molecule has 1 aromatic heterocycles. The minimum atomic E-state index is -1.18. The molecule has 3 atom stereocenters. The summed E-state index contributed by atoms with van der Waals surface area (Å²) in [5, 5.41) is 37.4. The highest BCUT2D eigenvalue weighted by Crippen LogP contribution is 2.28. The van der Waals surface area contributed by atoms with Gasteiger partial charge < -0.3 is 24.8 Å². The Morgan fingerprint density at radius 2 is 1.90 bits per heavy atom. The first-order chi connectivity index (χ1) is 9.79. The molecule has 4 N–H and O–H groups in total. The Balaban J connectivity index is 2.41. The Morgan fingerprint density at radius 3 is 2.52 bits per heavy atom. The predicted molar refractivity (Wildman–Crippen MR) is 76.8 cm³/mol. The van der Waals surface area contributed by atoms with Crippen LogP contribution in [0.4, 0.5) is 0 Å². The SMILES string of the molecule is CC(O)C(O)C(Cl)Cc1cc2cc(O)cc(O)c2c(=O)o1. The van der Waals surface area contributed by atoms with Crippen LogP contribution in [0.3, 0.4) is 0 Å². The van der Waals surface area contributed by atoms with Gasteiger partial charge in [0.15, 0.2) is 0 Å². The number of aliphatic hydroxyl groups is 2. The van der Waals surface area contributed by atoms with Gasteiger partial charge in [-0.2, -0.15) is 0 Å². The standard InChI is InChI=1S/C14H15ClO6/c1-6(16)13(19)10(15)5-9-3-7-2-8(17)4-11(18)12(7)14(20)21-9/h2-4,6,10,13,16-19H,5H2,1H3. The monoisotopic (exact) mass is 314 g/mol. The molecule has 0 amide bonds. The van der Waals surface area contributed by atoms with Crippen LogP contribution in [-0.4, -0.2) is 38.0 Å². The van der Waals surface area contributed by atoms with Crippen molar-refractivity contribution in [2.45, 2.75) is 30.9 Å². The summed E-state index contributed by atoms with van der Waals surface area (Å²) in [4.78, 5) is 11.9. The van der Waals surface area contributed by atoms with Crippen LogP contribution in [0.2, 0.25) is 0 Å². The summed E-state index contributed by atoms with van der Waals surface area (Å²) in [6.07, 6.45) is -2.19. The maximum Gasteiger partial charge on any atom is 0.347 e. The molecule has 0 spiro atoms. The molecule has 0 fully saturated rings. The van der Waals surface area contributed by atoms with Crippen molar-refractivity contribution in [2.24, 2.45) is 0 Å². The molecule has 0 saturated heterocycles. The molecule has 2 rings (SSSR count). The van der Waals surface area contributed by atoms with Crippen molar-refractivity contribution in [3.8, 4) is 11.5 Å². The lowest BCUT2D eigenvalue weighted by molar-refractivity contribution is 0.0282. The number of alkyl halides is 1. The van der Waals surface area contributed by atoms with E-state index in [1.54, 1.807) is 0 Å². The smallest absolute Gasteiger partial charge is 0.347 e. The number of aliphatic hydroxyl groups excluding tert-OH is 2. The van der Waals surface area contributed by atoms with E-state index in [0.717, 1.165) is 6.07 Å². The van der Waals surface area contributed by atoms with E-state index in [1.807, 2.05) is 0 Å². The van der Waals surface area contributed by atoms with Crippen LogP contribution >= 0.6 is 11.6 Å². The first kappa shape index (κ1) is 15.6. The van der Waals surface area contributed by atoms with Gasteiger partial charge in [0.2, 0.25) is 0 Å². The molecule has 0 aliphatic rings. The maximum atomic E-state index is 11.9.